The molecule has 0 rings (SSSR count). The van der Waals surface area contributed by atoms with Crippen molar-refractivity contribution in [1.82, 2.24) is 5.32 Å². The van der Waals surface area contributed by atoms with Crippen molar-refractivity contribution >= 4 is 23.4 Å². The van der Waals surface area contributed by atoms with E-state index in [0.29, 0.717) is 19.3 Å². The van der Waals surface area contributed by atoms with E-state index in [2.05, 4.69) is 5.32 Å². The number of carboxylic acids is 1. The fraction of sp³-hybridized carbons (Fsp3) is 0.714. The van der Waals surface area contributed by atoms with Gasteiger partial charge in [-0.05, 0) is 33.1 Å². The van der Waals surface area contributed by atoms with Crippen LogP contribution in [-0.2, 0) is 19.2 Å². The van der Waals surface area contributed by atoms with E-state index in [1.54, 1.807) is 0 Å². The van der Waals surface area contributed by atoms with Crippen molar-refractivity contribution in [2.24, 2.45) is 5.92 Å². The summed E-state index contributed by atoms with van der Waals surface area (Å²) in [6, 6.07) is -0.773. The number of amides is 1. The van der Waals surface area contributed by atoms with Gasteiger partial charge >= 0.3 is 5.97 Å². The first-order chi connectivity index (χ1) is 9.27. The van der Waals surface area contributed by atoms with Crippen molar-refractivity contribution in [1.29, 1.82) is 0 Å². The van der Waals surface area contributed by atoms with Gasteiger partial charge in [-0.15, -0.1) is 0 Å². The number of carbonyl (C=O) groups is 4. The van der Waals surface area contributed by atoms with E-state index >= 15 is 0 Å². The molecule has 6 heteroatoms. The van der Waals surface area contributed by atoms with Crippen LogP contribution >= 0.6 is 0 Å². The molecule has 0 heterocycles. The first-order valence-electron chi connectivity index (χ1n) is 6.80. The Morgan fingerprint density at radius 3 is 2.05 bits per heavy atom. The van der Waals surface area contributed by atoms with Crippen molar-refractivity contribution in [3.05, 3.63) is 0 Å². The molecule has 0 bridgehead atoms. The van der Waals surface area contributed by atoms with Crippen molar-refractivity contribution in [2.45, 2.75) is 58.9 Å². The number of nitrogens with one attached hydrogen (secondary N) is 1. The lowest BCUT2D eigenvalue weighted by Gasteiger charge is -2.19. The Bertz CT molecular complexity index is 378. The molecule has 0 aliphatic carbocycles. The van der Waals surface area contributed by atoms with Crippen molar-refractivity contribution in [3.63, 3.8) is 0 Å². The summed E-state index contributed by atoms with van der Waals surface area (Å²) in [7, 11) is 0. The van der Waals surface area contributed by atoms with E-state index in [1.165, 1.54) is 13.8 Å². The van der Waals surface area contributed by atoms with Crippen LogP contribution in [0.25, 0.3) is 0 Å². The number of Topliss-reactive ketones (excluding diaryl/α,β-unsaturated/α-hetero) is 2. The van der Waals surface area contributed by atoms with Crippen LogP contribution in [0.3, 0.4) is 0 Å². The number of ketones is 2. The molecule has 2 atom stereocenters. The average molecular weight is 285 g/mol. The molecule has 0 aliphatic heterocycles. The van der Waals surface area contributed by atoms with Crippen LogP contribution in [0.2, 0.25) is 0 Å². The Labute approximate surface area is 118 Å². The third-order valence-electron chi connectivity index (χ3n) is 3.16. The second kappa shape index (κ2) is 9.23. The maximum atomic E-state index is 12.0. The summed E-state index contributed by atoms with van der Waals surface area (Å²) in [5, 5.41) is 11.2. The van der Waals surface area contributed by atoms with Crippen LogP contribution in [0.15, 0.2) is 0 Å². The normalized spacial score (nSPS) is 13.3. The topological polar surface area (TPSA) is 101 Å². The molecule has 0 fully saturated rings. The number of carboxylic acid groups (broad SMARTS) is 1. The third kappa shape index (κ3) is 7.66. The van der Waals surface area contributed by atoms with Gasteiger partial charge in [0.2, 0.25) is 5.91 Å². The van der Waals surface area contributed by atoms with Crippen molar-refractivity contribution in [3.8, 4) is 0 Å². The van der Waals surface area contributed by atoms with Gasteiger partial charge in [0.15, 0.2) is 5.78 Å². The van der Waals surface area contributed by atoms with Gasteiger partial charge in [-0.1, -0.05) is 6.92 Å². The Hall–Kier alpha value is -1.72. The number of hydrogen-bond donors (Lipinski definition) is 2. The quantitative estimate of drug-likeness (QED) is 0.630. The fourth-order valence-corrected chi connectivity index (χ4v) is 1.83. The smallest absolute Gasteiger partial charge is 0.303 e. The van der Waals surface area contributed by atoms with Crippen LogP contribution in [0.1, 0.15) is 52.9 Å². The zero-order valence-electron chi connectivity index (χ0n) is 12.3. The molecule has 1 amide bonds. The highest BCUT2D eigenvalue weighted by atomic mass is 16.4. The van der Waals surface area contributed by atoms with Gasteiger partial charge in [-0.3, -0.25) is 14.4 Å². The van der Waals surface area contributed by atoms with Gasteiger partial charge in [-0.2, -0.15) is 0 Å². The van der Waals surface area contributed by atoms with E-state index in [-0.39, 0.29) is 36.2 Å². The summed E-state index contributed by atoms with van der Waals surface area (Å²) < 4.78 is 0. The standard InChI is InChI=1S/C14H23NO5/c1-4-11(6-5-9(2)16)14(20)15-12(10(3)17)7-8-13(18)19/h11-12H,4-8H2,1-3H3,(H,15,20)(H,18,19). The minimum Gasteiger partial charge on any atom is -0.481 e. The van der Waals surface area contributed by atoms with Crippen LogP contribution in [-0.4, -0.2) is 34.6 Å². The number of carbonyl (C=O) groups excluding carboxylic acids is 3. The lowest BCUT2D eigenvalue weighted by molar-refractivity contribution is -0.138. The summed E-state index contributed by atoms with van der Waals surface area (Å²) >= 11 is 0. The first kappa shape index (κ1) is 18.3. The molecule has 0 aromatic rings. The minimum absolute atomic E-state index is 0.0187. The maximum absolute atomic E-state index is 12.0. The molecule has 0 saturated heterocycles. The first-order valence-corrected chi connectivity index (χ1v) is 6.80. The van der Waals surface area contributed by atoms with Gasteiger partial charge in [0, 0.05) is 18.8 Å². The highest BCUT2D eigenvalue weighted by Crippen LogP contribution is 2.12. The van der Waals surface area contributed by atoms with Crippen LogP contribution in [0.5, 0.6) is 0 Å². The third-order valence-corrected chi connectivity index (χ3v) is 3.16. The van der Waals surface area contributed by atoms with E-state index < -0.39 is 12.0 Å². The fourth-order valence-electron chi connectivity index (χ4n) is 1.83. The van der Waals surface area contributed by atoms with Gasteiger partial charge in [0.25, 0.3) is 0 Å². The van der Waals surface area contributed by atoms with E-state index in [1.807, 2.05) is 6.92 Å². The molecule has 0 spiro atoms. The summed E-state index contributed by atoms with van der Waals surface area (Å²) in [4.78, 5) is 44.9. The second-order valence-electron chi connectivity index (χ2n) is 4.95. The molecular weight excluding hydrogens is 262 g/mol. The lowest BCUT2D eigenvalue weighted by Crippen LogP contribution is -2.43. The Morgan fingerprint density at radius 1 is 1.05 bits per heavy atom. The van der Waals surface area contributed by atoms with E-state index in [0.717, 1.165) is 0 Å². The van der Waals surface area contributed by atoms with Gasteiger partial charge in [-0.25, -0.2) is 0 Å². The molecule has 0 aromatic carbocycles. The second-order valence-corrected chi connectivity index (χ2v) is 4.95. The summed E-state index contributed by atoms with van der Waals surface area (Å²) in [5.41, 5.74) is 0. The van der Waals surface area contributed by atoms with Crippen LogP contribution in [0, 0.1) is 5.92 Å². The van der Waals surface area contributed by atoms with Gasteiger partial charge < -0.3 is 15.2 Å². The number of rotatable bonds is 10. The molecule has 6 nitrogen and oxygen atoms in total. The predicted octanol–water partition coefficient (Wildman–Crippen LogP) is 1.32. The summed E-state index contributed by atoms with van der Waals surface area (Å²) in [6.45, 7) is 4.63. The molecule has 2 N–H and O–H groups in total. The zero-order valence-corrected chi connectivity index (χ0v) is 12.3. The largest absolute Gasteiger partial charge is 0.481 e. The highest BCUT2D eigenvalue weighted by Gasteiger charge is 2.23. The molecule has 20 heavy (non-hydrogen) atoms. The zero-order chi connectivity index (χ0) is 15.7. The Kier molecular flexibility index (Phi) is 8.43. The minimum atomic E-state index is -1.01. The van der Waals surface area contributed by atoms with E-state index in [9.17, 15) is 19.2 Å². The molecule has 2 unspecified atom stereocenters. The van der Waals surface area contributed by atoms with Gasteiger partial charge in [0.1, 0.15) is 5.78 Å². The molecule has 0 aromatic heterocycles. The SMILES string of the molecule is CCC(CCC(C)=O)C(=O)NC(CCC(=O)O)C(C)=O. The lowest BCUT2D eigenvalue weighted by atomic mass is 9.97. The van der Waals surface area contributed by atoms with Crippen LogP contribution < -0.4 is 5.32 Å². The highest BCUT2D eigenvalue weighted by molar-refractivity contribution is 5.89. The Morgan fingerprint density at radius 2 is 1.65 bits per heavy atom. The van der Waals surface area contributed by atoms with Crippen molar-refractivity contribution < 1.29 is 24.3 Å². The average Bonchev–Trinajstić information content (AvgIpc) is 2.34. The number of hydrogen-bond acceptors (Lipinski definition) is 4. The molecule has 0 saturated carbocycles. The van der Waals surface area contributed by atoms with E-state index in [4.69, 9.17) is 5.11 Å². The Balaban J connectivity index is 4.51. The monoisotopic (exact) mass is 285 g/mol. The molecule has 114 valence electrons. The molecule has 0 radical (unpaired) electrons. The van der Waals surface area contributed by atoms with Crippen molar-refractivity contribution in [2.75, 3.05) is 0 Å². The number of aliphatic carboxylic acids is 1. The van der Waals surface area contributed by atoms with Crippen LogP contribution in [0.4, 0.5) is 0 Å². The summed E-state index contributed by atoms with van der Waals surface area (Å²) in [5.74, 6) is -1.87. The maximum Gasteiger partial charge on any atom is 0.303 e. The molecule has 0 aliphatic rings. The summed E-state index contributed by atoms with van der Waals surface area (Å²) in [6.07, 6.45) is 1.25. The van der Waals surface area contributed by atoms with Gasteiger partial charge in [0.05, 0.1) is 6.04 Å². The molecular formula is C14H23NO5. The predicted molar refractivity (Wildman–Crippen MR) is 73.2 cm³/mol.